The molecule has 1 rings (SSSR count). The van der Waals surface area contributed by atoms with Gasteiger partial charge in [0, 0.05) is 12.0 Å². The minimum absolute atomic E-state index is 0.364. The SMILES string of the molecule is CC(C)(CNCCCN)c1cc(F)ccc1F. The molecule has 0 bridgehead atoms. The smallest absolute Gasteiger partial charge is 0.127 e. The van der Waals surface area contributed by atoms with E-state index in [0.29, 0.717) is 18.7 Å². The van der Waals surface area contributed by atoms with Gasteiger partial charge in [-0.15, -0.1) is 0 Å². The lowest BCUT2D eigenvalue weighted by molar-refractivity contribution is 0.439. The third kappa shape index (κ3) is 4.06. The molecule has 0 amide bonds. The third-order valence-corrected chi connectivity index (χ3v) is 2.78. The van der Waals surface area contributed by atoms with Crippen LogP contribution in [-0.4, -0.2) is 19.6 Å². The number of rotatable bonds is 6. The molecule has 0 heterocycles. The standard InChI is InChI=1S/C13H20F2N2/c1-13(2,9-17-7-3-6-16)11-8-10(14)4-5-12(11)15/h4-5,8,17H,3,6-7,9,16H2,1-2H3. The summed E-state index contributed by atoms with van der Waals surface area (Å²) in [6, 6.07) is 3.57. The van der Waals surface area contributed by atoms with Crippen molar-refractivity contribution in [2.75, 3.05) is 19.6 Å². The second-order valence-corrected chi connectivity index (χ2v) is 4.83. The number of halogens is 2. The van der Waals surface area contributed by atoms with Crippen LogP contribution in [0.1, 0.15) is 25.8 Å². The van der Waals surface area contributed by atoms with Gasteiger partial charge in [-0.3, -0.25) is 0 Å². The summed E-state index contributed by atoms with van der Waals surface area (Å²) in [4.78, 5) is 0. The van der Waals surface area contributed by atoms with E-state index in [4.69, 9.17) is 5.73 Å². The first-order valence-electron chi connectivity index (χ1n) is 5.83. The molecule has 0 spiro atoms. The number of hydrogen-bond acceptors (Lipinski definition) is 2. The molecule has 17 heavy (non-hydrogen) atoms. The van der Waals surface area contributed by atoms with Crippen LogP contribution >= 0.6 is 0 Å². The van der Waals surface area contributed by atoms with E-state index >= 15 is 0 Å². The Morgan fingerprint density at radius 2 is 2.00 bits per heavy atom. The highest BCUT2D eigenvalue weighted by molar-refractivity contribution is 5.26. The highest BCUT2D eigenvalue weighted by Gasteiger charge is 2.24. The molecule has 3 N–H and O–H groups in total. The van der Waals surface area contributed by atoms with Gasteiger partial charge in [0.2, 0.25) is 0 Å². The van der Waals surface area contributed by atoms with Gasteiger partial charge in [0.25, 0.3) is 0 Å². The Hall–Kier alpha value is -1.00. The van der Waals surface area contributed by atoms with Crippen molar-refractivity contribution < 1.29 is 8.78 Å². The van der Waals surface area contributed by atoms with E-state index in [2.05, 4.69) is 5.32 Å². The molecule has 0 atom stereocenters. The Kier molecular flexibility index (Phi) is 5.02. The number of nitrogens with two attached hydrogens (primary N) is 1. The van der Waals surface area contributed by atoms with Gasteiger partial charge in [-0.1, -0.05) is 13.8 Å². The molecule has 0 aliphatic heterocycles. The summed E-state index contributed by atoms with van der Waals surface area (Å²) in [6.07, 6.45) is 0.877. The predicted molar refractivity (Wildman–Crippen MR) is 65.9 cm³/mol. The van der Waals surface area contributed by atoms with Crippen LogP contribution in [0.25, 0.3) is 0 Å². The lowest BCUT2D eigenvalue weighted by atomic mass is 9.84. The van der Waals surface area contributed by atoms with Crippen LogP contribution < -0.4 is 11.1 Å². The number of nitrogens with one attached hydrogen (secondary N) is 1. The zero-order valence-electron chi connectivity index (χ0n) is 10.4. The maximum Gasteiger partial charge on any atom is 0.127 e. The molecule has 0 aliphatic rings. The molecule has 0 saturated carbocycles. The van der Waals surface area contributed by atoms with Crippen molar-refractivity contribution in [1.29, 1.82) is 0 Å². The third-order valence-electron chi connectivity index (χ3n) is 2.78. The minimum Gasteiger partial charge on any atom is -0.330 e. The quantitative estimate of drug-likeness (QED) is 0.750. The summed E-state index contributed by atoms with van der Waals surface area (Å²) >= 11 is 0. The average Bonchev–Trinajstić information content (AvgIpc) is 2.28. The van der Waals surface area contributed by atoms with Crippen LogP contribution in [0.2, 0.25) is 0 Å². The second kappa shape index (κ2) is 6.07. The lowest BCUT2D eigenvalue weighted by Crippen LogP contribution is -2.34. The molecule has 0 aliphatic carbocycles. The molecule has 96 valence electrons. The molecule has 0 saturated heterocycles. The zero-order chi connectivity index (χ0) is 12.9. The Bertz CT molecular complexity index is 364. The summed E-state index contributed by atoms with van der Waals surface area (Å²) < 4.78 is 26.7. The molecule has 0 unspecified atom stereocenters. The normalized spacial score (nSPS) is 11.8. The summed E-state index contributed by atoms with van der Waals surface area (Å²) in [6.45, 7) is 5.78. The molecule has 0 fully saturated rings. The highest BCUT2D eigenvalue weighted by atomic mass is 19.1. The molecule has 1 aromatic carbocycles. The van der Waals surface area contributed by atoms with Crippen molar-refractivity contribution in [1.82, 2.24) is 5.32 Å². The first-order chi connectivity index (χ1) is 7.97. The number of hydrogen-bond donors (Lipinski definition) is 2. The zero-order valence-corrected chi connectivity index (χ0v) is 10.4. The first kappa shape index (κ1) is 14.1. The highest BCUT2D eigenvalue weighted by Crippen LogP contribution is 2.25. The van der Waals surface area contributed by atoms with E-state index in [0.717, 1.165) is 19.0 Å². The molecular weight excluding hydrogens is 222 g/mol. The topological polar surface area (TPSA) is 38.0 Å². The van der Waals surface area contributed by atoms with Crippen molar-refractivity contribution >= 4 is 0 Å². The lowest BCUT2D eigenvalue weighted by Gasteiger charge is -2.26. The summed E-state index contributed by atoms with van der Waals surface area (Å²) in [5.74, 6) is -0.770. The molecule has 0 radical (unpaired) electrons. The Morgan fingerprint density at radius 3 is 2.65 bits per heavy atom. The maximum atomic E-state index is 13.6. The predicted octanol–water partition coefficient (Wildman–Crippen LogP) is 2.18. The van der Waals surface area contributed by atoms with E-state index < -0.39 is 11.2 Å². The van der Waals surface area contributed by atoms with E-state index in [1.54, 1.807) is 0 Å². The van der Waals surface area contributed by atoms with Gasteiger partial charge in [-0.05, 0) is 43.3 Å². The minimum atomic E-state index is -0.444. The van der Waals surface area contributed by atoms with Gasteiger partial charge in [-0.2, -0.15) is 0 Å². The van der Waals surface area contributed by atoms with Gasteiger partial charge >= 0.3 is 0 Å². The van der Waals surface area contributed by atoms with Crippen molar-refractivity contribution in [2.45, 2.75) is 25.7 Å². The maximum absolute atomic E-state index is 13.6. The Labute approximate surface area is 101 Å². The monoisotopic (exact) mass is 242 g/mol. The van der Waals surface area contributed by atoms with Gasteiger partial charge in [0.1, 0.15) is 11.6 Å². The van der Waals surface area contributed by atoms with E-state index in [1.807, 2.05) is 13.8 Å². The largest absolute Gasteiger partial charge is 0.330 e. The van der Waals surface area contributed by atoms with Crippen molar-refractivity contribution in [3.05, 3.63) is 35.4 Å². The van der Waals surface area contributed by atoms with E-state index in [1.165, 1.54) is 12.1 Å². The van der Waals surface area contributed by atoms with E-state index in [9.17, 15) is 8.78 Å². The van der Waals surface area contributed by atoms with Crippen molar-refractivity contribution in [2.24, 2.45) is 5.73 Å². The van der Waals surface area contributed by atoms with Crippen LogP contribution in [0.15, 0.2) is 18.2 Å². The Morgan fingerprint density at radius 1 is 1.29 bits per heavy atom. The van der Waals surface area contributed by atoms with Gasteiger partial charge in [-0.25, -0.2) is 8.78 Å². The van der Waals surface area contributed by atoms with E-state index in [-0.39, 0.29) is 5.82 Å². The fourth-order valence-corrected chi connectivity index (χ4v) is 1.74. The summed E-state index contributed by atoms with van der Waals surface area (Å²) in [5, 5.41) is 3.20. The molecular formula is C13H20F2N2. The van der Waals surface area contributed by atoms with Gasteiger partial charge in [0.15, 0.2) is 0 Å². The molecule has 4 heteroatoms. The molecule has 0 aromatic heterocycles. The summed E-state index contributed by atoms with van der Waals surface area (Å²) in [7, 11) is 0. The van der Waals surface area contributed by atoms with Gasteiger partial charge < -0.3 is 11.1 Å². The second-order valence-electron chi connectivity index (χ2n) is 4.83. The van der Waals surface area contributed by atoms with Gasteiger partial charge in [0.05, 0.1) is 0 Å². The Balaban J connectivity index is 2.71. The van der Waals surface area contributed by atoms with Crippen LogP contribution in [0.4, 0.5) is 8.78 Å². The molecule has 1 aromatic rings. The fraction of sp³-hybridized carbons (Fsp3) is 0.538. The average molecular weight is 242 g/mol. The van der Waals surface area contributed by atoms with Crippen LogP contribution in [0, 0.1) is 11.6 Å². The first-order valence-corrected chi connectivity index (χ1v) is 5.83. The van der Waals surface area contributed by atoms with Crippen LogP contribution in [0.3, 0.4) is 0 Å². The van der Waals surface area contributed by atoms with Crippen LogP contribution in [-0.2, 0) is 5.41 Å². The van der Waals surface area contributed by atoms with Crippen molar-refractivity contribution in [3.8, 4) is 0 Å². The fourth-order valence-electron chi connectivity index (χ4n) is 1.74. The summed E-state index contributed by atoms with van der Waals surface area (Å²) in [5.41, 5.74) is 5.34. The van der Waals surface area contributed by atoms with Crippen LogP contribution in [0.5, 0.6) is 0 Å². The molecule has 2 nitrogen and oxygen atoms in total. The van der Waals surface area contributed by atoms with Crippen molar-refractivity contribution in [3.63, 3.8) is 0 Å². The number of benzene rings is 1.